The second kappa shape index (κ2) is 8.21. The molecule has 4 heteroatoms. The van der Waals surface area contributed by atoms with Gasteiger partial charge in [0, 0.05) is 0 Å². The van der Waals surface area contributed by atoms with Gasteiger partial charge < -0.3 is 14.5 Å². The maximum absolute atomic E-state index is 10.2. The summed E-state index contributed by atoms with van der Waals surface area (Å²) in [5.41, 5.74) is 0.619. The molecule has 0 aliphatic rings. The molecule has 1 aromatic rings. The standard InChI is InChI=1S/C19H32BO3/c1-8-9-12-22-15-10-11-17(16(13-15)14(2)3)20-23-19(6,7)18(4,5)21/h10-11,13-14,21H,8-9,12H2,1-7H3. The van der Waals surface area contributed by atoms with E-state index < -0.39 is 11.2 Å². The van der Waals surface area contributed by atoms with E-state index in [2.05, 4.69) is 26.8 Å². The van der Waals surface area contributed by atoms with Crippen LogP contribution in [0.4, 0.5) is 0 Å². The summed E-state index contributed by atoms with van der Waals surface area (Å²) in [6.07, 6.45) is 2.19. The first kappa shape index (κ1) is 20.1. The van der Waals surface area contributed by atoms with Gasteiger partial charge in [0.1, 0.15) is 5.75 Å². The Morgan fingerprint density at radius 3 is 2.35 bits per heavy atom. The molecule has 0 unspecified atom stereocenters. The first-order chi connectivity index (χ1) is 10.6. The molecule has 0 fully saturated rings. The minimum Gasteiger partial charge on any atom is -0.494 e. The van der Waals surface area contributed by atoms with Crippen molar-refractivity contribution in [3.05, 3.63) is 23.8 Å². The molecule has 0 atom stereocenters. The highest BCUT2D eigenvalue weighted by Gasteiger charge is 2.35. The van der Waals surface area contributed by atoms with E-state index in [1.54, 1.807) is 21.3 Å². The number of hydrogen-bond donors (Lipinski definition) is 1. The van der Waals surface area contributed by atoms with Crippen LogP contribution in [0.1, 0.15) is 72.8 Å². The van der Waals surface area contributed by atoms with Gasteiger partial charge in [-0.1, -0.05) is 33.3 Å². The fourth-order valence-corrected chi connectivity index (χ4v) is 1.94. The minimum atomic E-state index is -0.926. The molecular formula is C19H32BO3. The zero-order valence-corrected chi connectivity index (χ0v) is 15.8. The van der Waals surface area contributed by atoms with Crippen LogP contribution in [0.25, 0.3) is 0 Å². The van der Waals surface area contributed by atoms with Crippen LogP contribution in [0.3, 0.4) is 0 Å². The molecule has 23 heavy (non-hydrogen) atoms. The molecular weight excluding hydrogens is 287 g/mol. The third-order valence-corrected chi connectivity index (χ3v) is 4.40. The Morgan fingerprint density at radius 1 is 1.17 bits per heavy atom. The van der Waals surface area contributed by atoms with Gasteiger partial charge in [0.15, 0.2) is 0 Å². The van der Waals surface area contributed by atoms with Gasteiger partial charge >= 0.3 is 7.48 Å². The van der Waals surface area contributed by atoms with E-state index in [4.69, 9.17) is 9.39 Å². The van der Waals surface area contributed by atoms with Crippen molar-refractivity contribution in [2.75, 3.05) is 6.61 Å². The van der Waals surface area contributed by atoms with Crippen LogP contribution in [0.5, 0.6) is 5.75 Å². The number of aliphatic hydroxyl groups is 1. The summed E-state index contributed by atoms with van der Waals surface area (Å²) in [6.45, 7) is 14.5. The van der Waals surface area contributed by atoms with Crippen LogP contribution < -0.4 is 10.2 Å². The third-order valence-electron chi connectivity index (χ3n) is 4.40. The van der Waals surface area contributed by atoms with Crippen molar-refractivity contribution in [2.24, 2.45) is 0 Å². The highest BCUT2D eigenvalue weighted by Crippen LogP contribution is 2.25. The van der Waals surface area contributed by atoms with Crippen LogP contribution in [0.15, 0.2) is 18.2 Å². The quantitative estimate of drug-likeness (QED) is 0.556. The molecule has 129 valence electrons. The molecule has 3 nitrogen and oxygen atoms in total. The van der Waals surface area contributed by atoms with Gasteiger partial charge in [0.05, 0.1) is 17.8 Å². The summed E-state index contributed by atoms with van der Waals surface area (Å²) in [5, 5.41) is 10.2. The minimum absolute atomic E-state index is 0.366. The summed E-state index contributed by atoms with van der Waals surface area (Å²) in [6, 6.07) is 6.09. The molecule has 0 amide bonds. The number of hydrogen-bond acceptors (Lipinski definition) is 3. The topological polar surface area (TPSA) is 38.7 Å². The van der Waals surface area contributed by atoms with Gasteiger partial charge in [-0.15, -0.1) is 0 Å². The lowest BCUT2D eigenvalue weighted by Crippen LogP contribution is -2.49. The number of unbranched alkanes of at least 4 members (excludes halogenated alkanes) is 1. The lowest BCUT2D eigenvalue weighted by Gasteiger charge is -2.37. The monoisotopic (exact) mass is 319 g/mol. The van der Waals surface area contributed by atoms with Crippen molar-refractivity contribution in [3.8, 4) is 5.75 Å². The van der Waals surface area contributed by atoms with E-state index >= 15 is 0 Å². The van der Waals surface area contributed by atoms with E-state index in [0.29, 0.717) is 5.92 Å². The van der Waals surface area contributed by atoms with E-state index in [1.807, 2.05) is 26.0 Å². The summed E-state index contributed by atoms with van der Waals surface area (Å²) in [7, 11) is 1.75. The smallest absolute Gasteiger partial charge is 0.331 e. The summed E-state index contributed by atoms with van der Waals surface area (Å²) in [5.74, 6) is 1.27. The lowest BCUT2D eigenvalue weighted by atomic mass is 9.78. The fourth-order valence-electron chi connectivity index (χ4n) is 1.94. The van der Waals surface area contributed by atoms with Crippen LogP contribution in [0, 0.1) is 0 Å². The second-order valence-corrected chi connectivity index (χ2v) is 7.45. The van der Waals surface area contributed by atoms with E-state index in [1.165, 1.54) is 5.56 Å². The van der Waals surface area contributed by atoms with Gasteiger partial charge in [0.2, 0.25) is 0 Å². The normalized spacial score (nSPS) is 12.6. The summed E-state index contributed by atoms with van der Waals surface area (Å²) >= 11 is 0. The molecule has 0 aliphatic heterocycles. The lowest BCUT2D eigenvalue weighted by molar-refractivity contribution is -0.0893. The predicted molar refractivity (Wildman–Crippen MR) is 97.8 cm³/mol. The largest absolute Gasteiger partial charge is 0.494 e. The van der Waals surface area contributed by atoms with Gasteiger partial charge in [0.25, 0.3) is 0 Å². The molecule has 0 heterocycles. The number of benzene rings is 1. The zero-order valence-electron chi connectivity index (χ0n) is 15.8. The van der Waals surface area contributed by atoms with Crippen molar-refractivity contribution < 1.29 is 14.5 Å². The van der Waals surface area contributed by atoms with Gasteiger partial charge in [-0.05, 0) is 63.2 Å². The average Bonchev–Trinajstić information content (AvgIpc) is 2.44. The number of rotatable bonds is 9. The van der Waals surface area contributed by atoms with Crippen LogP contribution in [0.2, 0.25) is 0 Å². The van der Waals surface area contributed by atoms with Gasteiger partial charge in [-0.3, -0.25) is 0 Å². The van der Waals surface area contributed by atoms with Crippen LogP contribution in [-0.2, 0) is 4.65 Å². The maximum Gasteiger partial charge on any atom is 0.331 e. The molecule has 0 aliphatic carbocycles. The molecule has 0 saturated carbocycles. The van der Waals surface area contributed by atoms with Crippen molar-refractivity contribution in [1.29, 1.82) is 0 Å². The van der Waals surface area contributed by atoms with Crippen LogP contribution >= 0.6 is 0 Å². The van der Waals surface area contributed by atoms with Crippen molar-refractivity contribution in [1.82, 2.24) is 0 Å². The maximum atomic E-state index is 10.2. The fraction of sp³-hybridized carbons (Fsp3) is 0.684. The molecule has 0 spiro atoms. The number of ether oxygens (including phenoxy) is 1. The van der Waals surface area contributed by atoms with E-state index in [0.717, 1.165) is 30.7 Å². The molecule has 0 saturated heterocycles. The zero-order chi connectivity index (χ0) is 17.7. The Labute approximate surface area is 142 Å². The molecule has 1 aromatic carbocycles. The average molecular weight is 319 g/mol. The third kappa shape index (κ3) is 5.85. The highest BCUT2D eigenvalue weighted by molar-refractivity contribution is 6.47. The second-order valence-electron chi connectivity index (χ2n) is 7.45. The Hall–Kier alpha value is -0.995. The highest BCUT2D eigenvalue weighted by atomic mass is 16.5. The van der Waals surface area contributed by atoms with Crippen molar-refractivity contribution in [2.45, 2.75) is 78.4 Å². The predicted octanol–water partition coefficient (Wildman–Crippen LogP) is 3.80. The molecule has 1 rings (SSSR count). The molecule has 0 bridgehead atoms. The molecule has 1 N–H and O–H groups in total. The van der Waals surface area contributed by atoms with E-state index in [-0.39, 0.29) is 0 Å². The first-order valence-electron chi connectivity index (χ1n) is 8.58. The molecule has 1 radical (unpaired) electrons. The van der Waals surface area contributed by atoms with Crippen molar-refractivity contribution in [3.63, 3.8) is 0 Å². The van der Waals surface area contributed by atoms with Crippen molar-refractivity contribution >= 4 is 12.9 Å². The van der Waals surface area contributed by atoms with Gasteiger partial charge in [-0.2, -0.15) is 0 Å². The van der Waals surface area contributed by atoms with E-state index in [9.17, 15) is 5.11 Å². The SMILES string of the molecule is CCCCOc1ccc([B]OC(C)(C)C(C)(C)O)c(C(C)C)c1. The van der Waals surface area contributed by atoms with Gasteiger partial charge in [-0.25, -0.2) is 0 Å². The Bertz CT molecular complexity index is 490. The summed E-state index contributed by atoms with van der Waals surface area (Å²) < 4.78 is 11.7. The Morgan fingerprint density at radius 2 is 1.83 bits per heavy atom. The first-order valence-corrected chi connectivity index (χ1v) is 8.58. The summed E-state index contributed by atoms with van der Waals surface area (Å²) in [4.78, 5) is 0. The Kier molecular flexibility index (Phi) is 7.15. The molecule has 0 aromatic heterocycles. The Balaban J connectivity index is 2.86. The van der Waals surface area contributed by atoms with Crippen LogP contribution in [-0.4, -0.2) is 30.4 Å².